The maximum atomic E-state index is 12.9. The van der Waals surface area contributed by atoms with Gasteiger partial charge < -0.3 is 14.7 Å². The first-order valence-corrected chi connectivity index (χ1v) is 14.7. The molecule has 2 aliphatic rings. The van der Waals surface area contributed by atoms with E-state index in [0.717, 1.165) is 60.6 Å². The van der Waals surface area contributed by atoms with Gasteiger partial charge in [0.15, 0.2) is 0 Å². The Bertz CT molecular complexity index is 1230. The lowest BCUT2D eigenvalue weighted by molar-refractivity contribution is -0.135. The monoisotopic (exact) mass is 746 g/mol. The number of hydrogen-bond donors (Lipinski definition) is 1. The molecule has 0 radical (unpaired) electrons. The van der Waals surface area contributed by atoms with Crippen molar-refractivity contribution in [2.75, 3.05) is 19.6 Å². The number of carboxylic acid groups (broad SMARTS) is 1. The van der Waals surface area contributed by atoms with E-state index in [9.17, 15) is 19.2 Å². The van der Waals surface area contributed by atoms with E-state index in [0.29, 0.717) is 18.8 Å². The van der Waals surface area contributed by atoms with Gasteiger partial charge in [-0.05, 0) is 111 Å². The van der Waals surface area contributed by atoms with Crippen molar-refractivity contribution in [2.45, 2.75) is 32.3 Å². The molecule has 0 unspecified atom stereocenters. The van der Waals surface area contributed by atoms with Crippen LogP contribution in [0.2, 0.25) is 0 Å². The van der Waals surface area contributed by atoms with Crippen molar-refractivity contribution in [1.29, 1.82) is 0 Å². The SMILES string of the molecule is O=C(O)c1ccc(COc2c(I)cc(C=C3SC(=O)N(CC(=O)N4CCCCCC4)C3=O)cc2I)cc1. The van der Waals surface area contributed by atoms with Crippen LogP contribution in [0.4, 0.5) is 4.79 Å². The lowest BCUT2D eigenvalue weighted by atomic mass is 10.1. The second-order valence-electron chi connectivity index (χ2n) is 8.67. The second-order valence-corrected chi connectivity index (χ2v) is 12.0. The van der Waals surface area contributed by atoms with E-state index in [1.54, 1.807) is 23.1 Å². The molecule has 2 aromatic rings. The third kappa shape index (κ3) is 7.05. The maximum absolute atomic E-state index is 12.9. The van der Waals surface area contributed by atoms with Crippen LogP contribution in [0.3, 0.4) is 0 Å². The Morgan fingerprint density at radius 2 is 1.62 bits per heavy atom. The van der Waals surface area contributed by atoms with Gasteiger partial charge in [0.2, 0.25) is 5.91 Å². The van der Waals surface area contributed by atoms with E-state index in [-0.39, 0.29) is 29.5 Å². The van der Waals surface area contributed by atoms with Gasteiger partial charge in [-0.15, -0.1) is 0 Å². The van der Waals surface area contributed by atoms with E-state index in [1.165, 1.54) is 12.1 Å². The number of carboxylic acids is 1. The zero-order valence-corrected chi connectivity index (χ0v) is 24.9. The number of ether oxygens (including phenoxy) is 1. The summed E-state index contributed by atoms with van der Waals surface area (Å²) in [5, 5.41) is 8.60. The zero-order chi connectivity index (χ0) is 26.5. The number of carbonyl (C=O) groups excluding carboxylic acids is 3. The minimum Gasteiger partial charge on any atom is -0.487 e. The topological polar surface area (TPSA) is 104 Å². The second kappa shape index (κ2) is 12.6. The average molecular weight is 746 g/mol. The number of nitrogens with zero attached hydrogens (tertiary/aromatic N) is 2. The molecule has 0 bridgehead atoms. The quantitative estimate of drug-likeness (QED) is 0.290. The predicted octanol–water partition coefficient (Wildman–Crippen LogP) is 5.61. The number of thioether (sulfide) groups is 1. The summed E-state index contributed by atoms with van der Waals surface area (Å²) in [6.45, 7) is 1.39. The molecule has 0 aliphatic carbocycles. The summed E-state index contributed by atoms with van der Waals surface area (Å²) in [5.74, 6) is -0.937. The number of carbonyl (C=O) groups is 4. The number of rotatable bonds is 7. The highest BCUT2D eigenvalue weighted by Gasteiger charge is 2.37. The first kappa shape index (κ1) is 27.9. The molecule has 8 nitrogen and oxygen atoms in total. The molecule has 0 spiro atoms. The van der Waals surface area contributed by atoms with Gasteiger partial charge in [0.1, 0.15) is 18.9 Å². The van der Waals surface area contributed by atoms with E-state index < -0.39 is 17.1 Å². The van der Waals surface area contributed by atoms with Crippen LogP contribution in [0.25, 0.3) is 6.08 Å². The number of amides is 3. The van der Waals surface area contributed by atoms with E-state index >= 15 is 0 Å². The lowest BCUT2D eigenvalue weighted by Gasteiger charge is -2.22. The van der Waals surface area contributed by atoms with Crippen LogP contribution in [0.5, 0.6) is 5.75 Å². The average Bonchev–Trinajstić information content (AvgIpc) is 3.04. The molecule has 194 valence electrons. The maximum Gasteiger partial charge on any atom is 0.335 e. The smallest absolute Gasteiger partial charge is 0.335 e. The van der Waals surface area contributed by atoms with E-state index in [2.05, 4.69) is 45.2 Å². The van der Waals surface area contributed by atoms with Crippen molar-refractivity contribution in [2.24, 2.45) is 0 Å². The largest absolute Gasteiger partial charge is 0.487 e. The number of likely N-dealkylation sites (tertiary alicyclic amines) is 1. The summed E-state index contributed by atoms with van der Waals surface area (Å²) >= 11 is 5.16. The van der Waals surface area contributed by atoms with Gasteiger partial charge in [0.25, 0.3) is 11.1 Å². The fourth-order valence-electron chi connectivity index (χ4n) is 4.04. The van der Waals surface area contributed by atoms with Gasteiger partial charge >= 0.3 is 5.97 Å². The van der Waals surface area contributed by atoms with Crippen molar-refractivity contribution in [3.8, 4) is 5.75 Å². The molecule has 11 heteroatoms. The standard InChI is InChI=1S/C26H24I2N2O6S/c27-19-11-17(12-20(28)23(19)36-15-16-5-7-18(8-6-16)25(33)34)13-21-24(32)30(26(35)37-21)14-22(31)29-9-3-1-2-4-10-29/h5-8,11-13H,1-4,9-10,14-15H2,(H,33,34). The van der Waals surface area contributed by atoms with Gasteiger partial charge in [0.05, 0.1) is 17.6 Å². The van der Waals surface area contributed by atoms with E-state index in [1.807, 2.05) is 12.1 Å². The Kier molecular flexibility index (Phi) is 9.51. The molecule has 3 amide bonds. The molecule has 37 heavy (non-hydrogen) atoms. The molecular formula is C26H24I2N2O6S. The first-order valence-electron chi connectivity index (χ1n) is 11.7. The molecule has 2 heterocycles. The van der Waals surface area contributed by atoms with Gasteiger partial charge in [-0.3, -0.25) is 19.3 Å². The molecule has 1 N–H and O–H groups in total. The third-order valence-corrected chi connectivity index (χ3v) is 8.54. The summed E-state index contributed by atoms with van der Waals surface area (Å²) in [4.78, 5) is 52.3. The Labute approximate surface area is 246 Å². The van der Waals surface area contributed by atoms with Gasteiger partial charge in [-0.1, -0.05) is 25.0 Å². The minimum absolute atomic E-state index is 0.186. The van der Waals surface area contributed by atoms with Crippen LogP contribution in [0.1, 0.15) is 47.2 Å². The van der Waals surface area contributed by atoms with Crippen LogP contribution in [0, 0.1) is 7.14 Å². The summed E-state index contributed by atoms with van der Waals surface area (Å²) in [7, 11) is 0. The highest BCUT2D eigenvalue weighted by Crippen LogP contribution is 2.35. The molecule has 0 atom stereocenters. The lowest BCUT2D eigenvalue weighted by Crippen LogP contribution is -2.42. The number of halogens is 2. The van der Waals surface area contributed by atoms with Crippen LogP contribution in [0.15, 0.2) is 41.3 Å². The normalized spacial score (nSPS) is 17.3. The molecule has 2 saturated heterocycles. The Hall–Kier alpha value is -2.13. The first-order chi connectivity index (χ1) is 17.7. The molecule has 0 aromatic heterocycles. The third-order valence-electron chi connectivity index (χ3n) is 6.03. The van der Waals surface area contributed by atoms with Crippen molar-refractivity contribution < 1.29 is 29.0 Å². The molecule has 2 aromatic carbocycles. The summed E-state index contributed by atoms with van der Waals surface area (Å²) in [6, 6.07) is 10.2. The summed E-state index contributed by atoms with van der Waals surface area (Å²) < 4.78 is 7.64. The number of aromatic carboxylic acids is 1. The van der Waals surface area contributed by atoms with Gasteiger partial charge in [-0.25, -0.2) is 4.79 Å². The minimum atomic E-state index is -0.978. The van der Waals surface area contributed by atoms with Crippen molar-refractivity contribution >= 4 is 86.0 Å². The molecule has 2 aliphatic heterocycles. The van der Waals surface area contributed by atoms with Crippen LogP contribution in [-0.2, 0) is 16.2 Å². The summed E-state index contributed by atoms with van der Waals surface area (Å²) in [6.07, 6.45) is 5.74. The highest BCUT2D eigenvalue weighted by molar-refractivity contribution is 14.1. The number of imide groups is 1. The number of hydrogen-bond acceptors (Lipinski definition) is 6. The fraction of sp³-hybridized carbons (Fsp3) is 0.308. The Morgan fingerprint density at radius 1 is 1.00 bits per heavy atom. The fourth-order valence-corrected chi connectivity index (χ4v) is 7.01. The molecule has 4 rings (SSSR count). The van der Waals surface area contributed by atoms with Crippen molar-refractivity contribution in [3.05, 3.63) is 65.1 Å². The van der Waals surface area contributed by atoms with Crippen LogP contribution in [-0.4, -0.2) is 57.6 Å². The Balaban J connectivity index is 1.42. The van der Waals surface area contributed by atoms with Crippen LogP contribution >= 0.6 is 56.9 Å². The molecule has 0 saturated carbocycles. The van der Waals surface area contributed by atoms with Gasteiger partial charge in [0, 0.05) is 13.1 Å². The Morgan fingerprint density at radius 3 is 2.22 bits per heavy atom. The molecular weight excluding hydrogens is 722 g/mol. The highest BCUT2D eigenvalue weighted by atomic mass is 127. The molecule has 2 fully saturated rings. The van der Waals surface area contributed by atoms with Crippen LogP contribution < -0.4 is 4.74 Å². The summed E-state index contributed by atoms with van der Waals surface area (Å²) in [5.41, 5.74) is 1.80. The predicted molar refractivity (Wildman–Crippen MR) is 157 cm³/mol. The number of benzene rings is 2. The van der Waals surface area contributed by atoms with E-state index in [4.69, 9.17) is 9.84 Å². The van der Waals surface area contributed by atoms with Crippen molar-refractivity contribution in [3.63, 3.8) is 0 Å². The van der Waals surface area contributed by atoms with Gasteiger partial charge in [-0.2, -0.15) is 0 Å². The zero-order valence-electron chi connectivity index (χ0n) is 19.7. The van der Waals surface area contributed by atoms with Crippen molar-refractivity contribution in [1.82, 2.24) is 9.80 Å².